The predicted octanol–water partition coefficient (Wildman–Crippen LogP) is 2.93. The van der Waals surface area contributed by atoms with Crippen LogP contribution in [-0.2, 0) is 0 Å². The minimum Gasteiger partial charge on any atom is -0.368 e. The Morgan fingerprint density at radius 2 is 1.43 bits per heavy atom. The molecule has 0 aliphatic rings. The minimum absolute atomic E-state index is 0.437. The predicted molar refractivity (Wildman–Crippen MR) is 59.9 cm³/mol. The first-order valence-electron chi connectivity index (χ1n) is 5.92. The zero-order chi connectivity index (χ0) is 11.0. The summed E-state index contributed by atoms with van der Waals surface area (Å²) in [6, 6.07) is 0. The zero-order valence-electron chi connectivity index (χ0n) is 9.87. The Morgan fingerprint density at radius 1 is 0.929 bits per heavy atom. The molecule has 0 aliphatic heterocycles. The normalized spacial score (nSPS) is 15.9. The van der Waals surface area contributed by atoms with Gasteiger partial charge in [-0.15, -0.1) is 0 Å². The SMILES string of the molecule is CCC(C)CCCCC(C)CC(O)O. The summed E-state index contributed by atoms with van der Waals surface area (Å²) in [5.74, 6) is 1.28. The van der Waals surface area contributed by atoms with Gasteiger partial charge in [0.15, 0.2) is 6.29 Å². The molecule has 2 atom stereocenters. The van der Waals surface area contributed by atoms with Crippen LogP contribution in [-0.4, -0.2) is 16.5 Å². The van der Waals surface area contributed by atoms with Crippen molar-refractivity contribution >= 4 is 0 Å². The number of hydrogen-bond acceptors (Lipinski definition) is 2. The largest absolute Gasteiger partial charge is 0.368 e. The molecule has 86 valence electrons. The zero-order valence-corrected chi connectivity index (χ0v) is 9.87. The minimum atomic E-state index is -1.13. The highest BCUT2D eigenvalue weighted by Gasteiger charge is 2.07. The van der Waals surface area contributed by atoms with Crippen molar-refractivity contribution in [2.24, 2.45) is 11.8 Å². The lowest BCUT2D eigenvalue weighted by Crippen LogP contribution is -2.10. The third kappa shape index (κ3) is 8.52. The van der Waals surface area contributed by atoms with Crippen molar-refractivity contribution in [3.63, 3.8) is 0 Å². The van der Waals surface area contributed by atoms with Gasteiger partial charge in [-0.05, 0) is 11.8 Å². The molecule has 2 heteroatoms. The topological polar surface area (TPSA) is 40.5 Å². The molecule has 2 unspecified atom stereocenters. The number of unbranched alkanes of at least 4 members (excludes halogenated alkanes) is 1. The molecule has 0 aliphatic carbocycles. The summed E-state index contributed by atoms with van der Waals surface area (Å²) < 4.78 is 0. The molecule has 0 bridgehead atoms. The lowest BCUT2D eigenvalue weighted by atomic mass is 9.96. The van der Waals surface area contributed by atoms with E-state index in [-0.39, 0.29) is 0 Å². The van der Waals surface area contributed by atoms with Gasteiger partial charge in [0, 0.05) is 6.42 Å². The van der Waals surface area contributed by atoms with Gasteiger partial charge < -0.3 is 10.2 Å². The Morgan fingerprint density at radius 3 is 1.86 bits per heavy atom. The van der Waals surface area contributed by atoms with Gasteiger partial charge in [0.25, 0.3) is 0 Å². The monoisotopic (exact) mass is 202 g/mol. The van der Waals surface area contributed by atoms with Crippen molar-refractivity contribution in [3.8, 4) is 0 Å². The molecular formula is C12H26O2. The highest BCUT2D eigenvalue weighted by Crippen LogP contribution is 2.17. The van der Waals surface area contributed by atoms with E-state index in [2.05, 4.69) is 20.8 Å². The number of hydrogen-bond donors (Lipinski definition) is 2. The van der Waals surface area contributed by atoms with E-state index >= 15 is 0 Å². The van der Waals surface area contributed by atoms with Crippen LogP contribution >= 0.6 is 0 Å². The van der Waals surface area contributed by atoms with Crippen molar-refractivity contribution in [2.45, 2.75) is 65.6 Å². The van der Waals surface area contributed by atoms with Crippen LogP contribution in [0.25, 0.3) is 0 Å². The molecule has 0 saturated carbocycles. The lowest BCUT2D eigenvalue weighted by Gasteiger charge is -2.13. The molecule has 2 N–H and O–H groups in total. The van der Waals surface area contributed by atoms with Gasteiger partial charge in [0.05, 0.1) is 0 Å². The molecule has 0 aromatic heterocycles. The summed E-state index contributed by atoms with van der Waals surface area (Å²) in [6.07, 6.45) is 5.59. The third-order valence-corrected chi connectivity index (χ3v) is 2.95. The number of aliphatic hydroxyl groups is 2. The maximum atomic E-state index is 8.76. The molecule has 0 saturated heterocycles. The van der Waals surface area contributed by atoms with Gasteiger partial charge in [-0.25, -0.2) is 0 Å². The van der Waals surface area contributed by atoms with E-state index in [1.54, 1.807) is 0 Å². The summed E-state index contributed by atoms with van der Waals surface area (Å²) in [7, 11) is 0. The summed E-state index contributed by atoms with van der Waals surface area (Å²) in [5, 5.41) is 17.5. The third-order valence-electron chi connectivity index (χ3n) is 2.95. The first kappa shape index (κ1) is 13.9. The molecule has 14 heavy (non-hydrogen) atoms. The van der Waals surface area contributed by atoms with E-state index < -0.39 is 6.29 Å². The Hall–Kier alpha value is -0.0800. The first-order valence-corrected chi connectivity index (χ1v) is 5.92. The van der Waals surface area contributed by atoms with Gasteiger partial charge in [-0.2, -0.15) is 0 Å². The number of rotatable bonds is 8. The molecular weight excluding hydrogens is 176 g/mol. The summed E-state index contributed by atoms with van der Waals surface area (Å²) in [6.45, 7) is 6.61. The van der Waals surface area contributed by atoms with E-state index in [1.807, 2.05) is 0 Å². The number of aliphatic hydroxyl groups excluding tert-OH is 1. The maximum absolute atomic E-state index is 8.76. The van der Waals surface area contributed by atoms with Crippen molar-refractivity contribution in [2.75, 3.05) is 0 Å². The van der Waals surface area contributed by atoms with E-state index in [0.29, 0.717) is 12.3 Å². The van der Waals surface area contributed by atoms with Crippen LogP contribution in [0.3, 0.4) is 0 Å². The molecule has 0 radical (unpaired) electrons. The van der Waals surface area contributed by atoms with Crippen molar-refractivity contribution in [1.29, 1.82) is 0 Å². The second-order valence-electron chi connectivity index (χ2n) is 4.62. The fourth-order valence-electron chi connectivity index (χ4n) is 1.67. The van der Waals surface area contributed by atoms with Gasteiger partial charge in [0.1, 0.15) is 0 Å². The van der Waals surface area contributed by atoms with E-state index in [4.69, 9.17) is 10.2 Å². The molecule has 0 aromatic rings. The van der Waals surface area contributed by atoms with Gasteiger partial charge >= 0.3 is 0 Å². The van der Waals surface area contributed by atoms with Crippen LogP contribution < -0.4 is 0 Å². The van der Waals surface area contributed by atoms with Crippen molar-refractivity contribution in [3.05, 3.63) is 0 Å². The van der Waals surface area contributed by atoms with Crippen LogP contribution in [0, 0.1) is 11.8 Å². The van der Waals surface area contributed by atoms with Gasteiger partial charge in [-0.1, -0.05) is 52.9 Å². The average molecular weight is 202 g/mol. The Labute approximate surface area is 88.3 Å². The van der Waals surface area contributed by atoms with Crippen LogP contribution in [0.4, 0.5) is 0 Å². The molecule has 0 amide bonds. The first-order chi connectivity index (χ1) is 6.56. The maximum Gasteiger partial charge on any atom is 0.151 e. The fourth-order valence-corrected chi connectivity index (χ4v) is 1.67. The molecule has 2 nitrogen and oxygen atoms in total. The molecule has 0 aromatic carbocycles. The van der Waals surface area contributed by atoms with Gasteiger partial charge in [-0.3, -0.25) is 0 Å². The summed E-state index contributed by atoms with van der Waals surface area (Å²) in [5.41, 5.74) is 0. The van der Waals surface area contributed by atoms with E-state index in [0.717, 1.165) is 12.3 Å². The Kier molecular flexibility index (Phi) is 8.20. The summed E-state index contributed by atoms with van der Waals surface area (Å²) in [4.78, 5) is 0. The lowest BCUT2D eigenvalue weighted by molar-refractivity contribution is -0.0552. The quantitative estimate of drug-likeness (QED) is 0.469. The highest BCUT2D eigenvalue weighted by atomic mass is 16.5. The molecule has 0 spiro atoms. The molecule has 0 rings (SSSR count). The fraction of sp³-hybridized carbons (Fsp3) is 1.00. The van der Waals surface area contributed by atoms with Crippen LogP contribution in [0.2, 0.25) is 0 Å². The van der Waals surface area contributed by atoms with Gasteiger partial charge in [0.2, 0.25) is 0 Å². The van der Waals surface area contributed by atoms with E-state index in [9.17, 15) is 0 Å². The second-order valence-corrected chi connectivity index (χ2v) is 4.62. The molecule has 0 heterocycles. The smallest absolute Gasteiger partial charge is 0.151 e. The van der Waals surface area contributed by atoms with Crippen LogP contribution in [0.5, 0.6) is 0 Å². The van der Waals surface area contributed by atoms with Crippen LogP contribution in [0.1, 0.15) is 59.3 Å². The molecule has 0 fully saturated rings. The van der Waals surface area contributed by atoms with Crippen LogP contribution in [0.15, 0.2) is 0 Å². The van der Waals surface area contributed by atoms with Crippen molar-refractivity contribution < 1.29 is 10.2 Å². The Balaban J connectivity index is 3.27. The average Bonchev–Trinajstić information content (AvgIpc) is 2.10. The van der Waals surface area contributed by atoms with E-state index in [1.165, 1.54) is 25.7 Å². The standard InChI is InChI=1S/C12H26O2/c1-4-10(2)7-5-6-8-11(3)9-12(13)14/h10-14H,4-9H2,1-3H3. The second kappa shape index (κ2) is 8.25. The summed E-state index contributed by atoms with van der Waals surface area (Å²) >= 11 is 0. The van der Waals surface area contributed by atoms with Crippen molar-refractivity contribution in [1.82, 2.24) is 0 Å². The Bertz CT molecular complexity index is 123. The highest BCUT2D eigenvalue weighted by molar-refractivity contribution is 4.56.